The average Bonchev–Trinajstić information content (AvgIpc) is 3.22. The standard InChI is InChI=1S/C17H14N4O2/c1-21-10-18-14-7-6-11(9-15(14)21)16-19-17(23-20-16)12-4-3-5-13(8-12)22-2/h3-10H,1-2H3. The van der Waals surface area contributed by atoms with E-state index in [4.69, 9.17) is 9.26 Å². The molecule has 0 fully saturated rings. The molecule has 0 saturated carbocycles. The number of aromatic nitrogens is 4. The summed E-state index contributed by atoms with van der Waals surface area (Å²) in [4.78, 5) is 8.79. The van der Waals surface area contributed by atoms with E-state index >= 15 is 0 Å². The molecule has 4 rings (SSSR count). The summed E-state index contributed by atoms with van der Waals surface area (Å²) in [5.41, 5.74) is 3.67. The molecule has 2 aromatic carbocycles. The van der Waals surface area contributed by atoms with Gasteiger partial charge in [0.25, 0.3) is 5.89 Å². The van der Waals surface area contributed by atoms with Crippen LogP contribution in [0.5, 0.6) is 5.75 Å². The van der Waals surface area contributed by atoms with Crippen LogP contribution in [0.1, 0.15) is 0 Å². The molecular weight excluding hydrogens is 292 g/mol. The highest BCUT2D eigenvalue weighted by atomic mass is 16.5. The van der Waals surface area contributed by atoms with Crippen molar-refractivity contribution in [1.82, 2.24) is 19.7 Å². The fourth-order valence-corrected chi connectivity index (χ4v) is 2.48. The lowest BCUT2D eigenvalue weighted by Gasteiger charge is -1.99. The molecule has 2 aromatic heterocycles. The van der Waals surface area contributed by atoms with Crippen LogP contribution in [-0.2, 0) is 7.05 Å². The number of nitrogens with zero attached hydrogens (tertiary/aromatic N) is 4. The lowest BCUT2D eigenvalue weighted by atomic mass is 10.2. The van der Waals surface area contributed by atoms with Crippen LogP contribution in [-0.4, -0.2) is 26.8 Å². The van der Waals surface area contributed by atoms with Crippen molar-refractivity contribution in [3.05, 3.63) is 48.8 Å². The number of rotatable bonds is 3. The summed E-state index contributed by atoms with van der Waals surface area (Å²) in [7, 11) is 3.58. The number of fused-ring (bicyclic) bond motifs is 1. The van der Waals surface area contributed by atoms with Crippen LogP contribution in [0.25, 0.3) is 33.9 Å². The highest BCUT2D eigenvalue weighted by molar-refractivity contribution is 5.80. The highest BCUT2D eigenvalue weighted by Gasteiger charge is 2.12. The molecule has 0 atom stereocenters. The topological polar surface area (TPSA) is 66.0 Å². The molecule has 23 heavy (non-hydrogen) atoms. The summed E-state index contributed by atoms with van der Waals surface area (Å²) in [5, 5.41) is 4.08. The van der Waals surface area contributed by atoms with E-state index in [9.17, 15) is 0 Å². The molecule has 0 aliphatic rings. The number of aryl methyl sites for hydroxylation is 1. The van der Waals surface area contributed by atoms with Gasteiger partial charge in [0, 0.05) is 18.2 Å². The first-order valence-electron chi connectivity index (χ1n) is 7.14. The molecule has 0 bridgehead atoms. The summed E-state index contributed by atoms with van der Waals surface area (Å²) in [6, 6.07) is 13.4. The Morgan fingerprint density at radius 1 is 1.09 bits per heavy atom. The number of imidazole rings is 1. The molecular formula is C17H14N4O2. The smallest absolute Gasteiger partial charge is 0.258 e. The van der Waals surface area contributed by atoms with Gasteiger partial charge in [-0.3, -0.25) is 0 Å². The highest BCUT2D eigenvalue weighted by Crippen LogP contribution is 2.26. The quantitative estimate of drug-likeness (QED) is 0.581. The second kappa shape index (κ2) is 5.24. The van der Waals surface area contributed by atoms with Crippen molar-refractivity contribution in [2.75, 3.05) is 7.11 Å². The molecule has 0 saturated heterocycles. The van der Waals surface area contributed by atoms with Crippen LogP contribution < -0.4 is 4.74 Å². The Bertz CT molecular complexity index is 987. The van der Waals surface area contributed by atoms with Crippen molar-refractivity contribution in [3.8, 4) is 28.6 Å². The van der Waals surface area contributed by atoms with Crippen molar-refractivity contribution >= 4 is 11.0 Å². The number of hydrogen-bond acceptors (Lipinski definition) is 5. The molecule has 0 spiro atoms. The molecule has 2 heterocycles. The van der Waals surface area contributed by atoms with Gasteiger partial charge in [-0.1, -0.05) is 11.2 Å². The number of benzene rings is 2. The van der Waals surface area contributed by atoms with Gasteiger partial charge in [-0.05, 0) is 36.4 Å². The molecule has 114 valence electrons. The second-order valence-corrected chi connectivity index (χ2v) is 5.21. The monoisotopic (exact) mass is 306 g/mol. The zero-order chi connectivity index (χ0) is 15.8. The van der Waals surface area contributed by atoms with Crippen molar-refractivity contribution in [2.24, 2.45) is 7.05 Å². The summed E-state index contributed by atoms with van der Waals surface area (Å²) < 4.78 is 12.6. The maximum atomic E-state index is 5.39. The van der Waals surface area contributed by atoms with Gasteiger partial charge >= 0.3 is 0 Å². The molecule has 0 N–H and O–H groups in total. The van der Waals surface area contributed by atoms with Crippen molar-refractivity contribution in [3.63, 3.8) is 0 Å². The molecule has 0 amide bonds. The van der Waals surface area contributed by atoms with Crippen molar-refractivity contribution < 1.29 is 9.26 Å². The average molecular weight is 306 g/mol. The largest absolute Gasteiger partial charge is 0.497 e. The zero-order valence-corrected chi connectivity index (χ0v) is 12.7. The summed E-state index contributed by atoms with van der Waals surface area (Å²) >= 11 is 0. The minimum Gasteiger partial charge on any atom is -0.497 e. The van der Waals surface area contributed by atoms with Gasteiger partial charge < -0.3 is 13.8 Å². The first kappa shape index (κ1) is 13.5. The number of methoxy groups -OCH3 is 1. The van der Waals surface area contributed by atoms with E-state index in [1.54, 1.807) is 13.4 Å². The van der Waals surface area contributed by atoms with Gasteiger partial charge in [0.05, 0.1) is 24.5 Å². The fraction of sp³-hybridized carbons (Fsp3) is 0.118. The van der Waals surface area contributed by atoms with E-state index in [0.29, 0.717) is 11.7 Å². The predicted octanol–water partition coefficient (Wildman–Crippen LogP) is 3.30. The normalized spacial score (nSPS) is 11.0. The molecule has 0 unspecified atom stereocenters. The van der Waals surface area contributed by atoms with E-state index in [1.807, 2.05) is 54.1 Å². The Labute approximate surface area is 132 Å². The maximum Gasteiger partial charge on any atom is 0.258 e. The van der Waals surface area contributed by atoms with E-state index in [0.717, 1.165) is 27.9 Å². The first-order chi connectivity index (χ1) is 11.2. The van der Waals surface area contributed by atoms with Gasteiger partial charge in [-0.2, -0.15) is 4.98 Å². The number of hydrogen-bond donors (Lipinski definition) is 0. The summed E-state index contributed by atoms with van der Waals surface area (Å²) in [6.07, 6.45) is 1.78. The summed E-state index contributed by atoms with van der Waals surface area (Å²) in [6.45, 7) is 0. The Morgan fingerprint density at radius 3 is 2.87 bits per heavy atom. The minimum absolute atomic E-state index is 0.462. The Morgan fingerprint density at radius 2 is 2.00 bits per heavy atom. The lowest BCUT2D eigenvalue weighted by molar-refractivity contribution is 0.413. The molecule has 4 aromatic rings. The van der Waals surface area contributed by atoms with Gasteiger partial charge in [-0.15, -0.1) is 0 Å². The van der Waals surface area contributed by atoms with Crippen LogP contribution >= 0.6 is 0 Å². The third-order valence-electron chi connectivity index (χ3n) is 3.73. The van der Waals surface area contributed by atoms with Crippen LogP contribution in [0.15, 0.2) is 53.3 Å². The minimum atomic E-state index is 0.462. The van der Waals surface area contributed by atoms with Crippen molar-refractivity contribution in [2.45, 2.75) is 0 Å². The van der Waals surface area contributed by atoms with Crippen molar-refractivity contribution in [1.29, 1.82) is 0 Å². The van der Waals surface area contributed by atoms with Crippen LogP contribution in [0, 0.1) is 0 Å². The van der Waals surface area contributed by atoms with Crippen LogP contribution in [0.3, 0.4) is 0 Å². The van der Waals surface area contributed by atoms with Crippen LogP contribution in [0.2, 0.25) is 0 Å². The zero-order valence-electron chi connectivity index (χ0n) is 12.7. The third kappa shape index (κ3) is 2.34. The van der Waals surface area contributed by atoms with Gasteiger partial charge in [0.15, 0.2) is 0 Å². The van der Waals surface area contributed by atoms with Crippen LogP contribution in [0.4, 0.5) is 0 Å². The Kier molecular flexibility index (Phi) is 3.08. The third-order valence-corrected chi connectivity index (χ3v) is 3.73. The molecule has 0 aliphatic heterocycles. The summed E-state index contributed by atoms with van der Waals surface area (Å²) in [5.74, 6) is 1.76. The SMILES string of the molecule is COc1cccc(-c2nc(-c3ccc4ncn(C)c4c3)no2)c1. The molecule has 6 heteroatoms. The van der Waals surface area contributed by atoms with E-state index < -0.39 is 0 Å². The lowest BCUT2D eigenvalue weighted by Crippen LogP contribution is -1.86. The Balaban J connectivity index is 1.75. The van der Waals surface area contributed by atoms with E-state index in [2.05, 4.69) is 15.1 Å². The van der Waals surface area contributed by atoms with Gasteiger partial charge in [0.1, 0.15) is 5.75 Å². The van der Waals surface area contributed by atoms with E-state index in [1.165, 1.54) is 0 Å². The Hall–Kier alpha value is -3.15. The predicted molar refractivity (Wildman–Crippen MR) is 86.0 cm³/mol. The fourth-order valence-electron chi connectivity index (χ4n) is 2.48. The molecule has 6 nitrogen and oxygen atoms in total. The molecule has 0 radical (unpaired) electrons. The first-order valence-corrected chi connectivity index (χ1v) is 7.14. The maximum absolute atomic E-state index is 5.39. The number of ether oxygens (including phenoxy) is 1. The second-order valence-electron chi connectivity index (χ2n) is 5.21. The van der Waals surface area contributed by atoms with E-state index in [-0.39, 0.29) is 0 Å². The molecule has 0 aliphatic carbocycles. The van der Waals surface area contributed by atoms with Gasteiger partial charge in [0.2, 0.25) is 5.82 Å². The van der Waals surface area contributed by atoms with Gasteiger partial charge in [-0.25, -0.2) is 4.98 Å².